The van der Waals surface area contributed by atoms with Crippen molar-refractivity contribution in [3.05, 3.63) is 11.6 Å². The van der Waals surface area contributed by atoms with Gasteiger partial charge in [0.05, 0.1) is 11.7 Å². The zero-order chi connectivity index (χ0) is 22.1. The van der Waals surface area contributed by atoms with Gasteiger partial charge >= 0.3 is 0 Å². The minimum atomic E-state index is -0.885. The summed E-state index contributed by atoms with van der Waals surface area (Å²) in [6, 6.07) is 0. The Kier molecular flexibility index (Phi) is 4.98. The molecule has 5 fully saturated rings. The molecule has 0 bridgehead atoms. The van der Waals surface area contributed by atoms with E-state index in [1.54, 1.807) is 0 Å². The topological polar surface area (TPSA) is 57.5 Å². The lowest BCUT2D eigenvalue weighted by Gasteiger charge is -2.60. The van der Waals surface area contributed by atoms with Crippen LogP contribution in [0.15, 0.2) is 11.6 Å². The van der Waals surface area contributed by atoms with Crippen LogP contribution in [0.5, 0.6) is 0 Å². The predicted octanol–water partition coefficient (Wildman–Crippen LogP) is 5.19. The number of Topliss-reactive ketones (excluding diaryl/α,β-unsaturated/α-hetero) is 1. The number of carbonyl (C=O) groups is 1. The average molecular weight is 437 g/mol. The van der Waals surface area contributed by atoms with E-state index in [0.717, 1.165) is 63.4 Å². The SMILES string of the molecule is C[C@]12CC[C@@H](O)C[C@@H]1CC[C@@H]1[C@@H]2CC[C@]23C(=O)C(C#CC4(O)CCCCC4)=C[C@H]2CC[C@@H]13. The van der Waals surface area contributed by atoms with Gasteiger partial charge in [0, 0.05) is 5.41 Å². The second kappa shape index (κ2) is 7.44. The smallest absolute Gasteiger partial charge is 0.177 e. The fourth-order valence-corrected chi connectivity index (χ4v) is 9.71. The molecule has 6 aliphatic carbocycles. The van der Waals surface area contributed by atoms with Gasteiger partial charge in [0.25, 0.3) is 0 Å². The molecule has 5 saturated carbocycles. The van der Waals surface area contributed by atoms with Gasteiger partial charge in [-0.1, -0.05) is 31.3 Å². The fourth-order valence-electron chi connectivity index (χ4n) is 9.71. The van der Waals surface area contributed by atoms with E-state index in [-0.39, 0.29) is 11.5 Å². The molecule has 8 atom stereocenters. The number of hydrogen-bond acceptors (Lipinski definition) is 3. The number of fused-ring (bicyclic) bond motifs is 4. The maximum Gasteiger partial charge on any atom is 0.177 e. The number of ketones is 1. The molecule has 0 aromatic rings. The van der Waals surface area contributed by atoms with Crippen LogP contribution >= 0.6 is 0 Å². The van der Waals surface area contributed by atoms with E-state index in [9.17, 15) is 15.0 Å². The largest absolute Gasteiger partial charge is 0.393 e. The second-order valence-corrected chi connectivity index (χ2v) is 12.6. The summed E-state index contributed by atoms with van der Waals surface area (Å²) in [5.74, 6) is 9.60. The Hall–Kier alpha value is -1.11. The molecule has 0 saturated heterocycles. The number of rotatable bonds is 0. The van der Waals surface area contributed by atoms with Crippen LogP contribution in [-0.2, 0) is 4.79 Å². The summed E-state index contributed by atoms with van der Waals surface area (Å²) in [7, 11) is 0. The summed E-state index contributed by atoms with van der Waals surface area (Å²) in [5, 5.41) is 21.1. The van der Waals surface area contributed by atoms with Gasteiger partial charge in [-0.05, 0) is 118 Å². The first-order valence-corrected chi connectivity index (χ1v) is 13.6. The van der Waals surface area contributed by atoms with Crippen LogP contribution in [0, 0.1) is 52.3 Å². The maximum atomic E-state index is 13.9. The molecule has 0 unspecified atom stereocenters. The lowest BCUT2D eigenvalue weighted by Crippen LogP contribution is -2.55. The molecule has 6 aliphatic rings. The molecule has 6 rings (SSSR count). The monoisotopic (exact) mass is 436 g/mol. The highest BCUT2D eigenvalue weighted by Gasteiger charge is 2.65. The van der Waals surface area contributed by atoms with Crippen LogP contribution in [0.2, 0.25) is 0 Å². The van der Waals surface area contributed by atoms with E-state index in [4.69, 9.17) is 0 Å². The summed E-state index contributed by atoms with van der Waals surface area (Å²) in [6.07, 6.45) is 17.0. The quantitative estimate of drug-likeness (QED) is 0.514. The van der Waals surface area contributed by atoms with E-state index < -0.39 is 5.60 Å². The lowest BCUT2D eigenvalue weighted by molar-refractivity contribution is -0.148. The van der Waals surface area contributed by atoms with Gasteiger partial charge in [-0.15, -0.1) is 0 Å². The van der Waals surface area contributed by atoms with Crippen LogP contribution in [0.3, 0.4) is 0 Å². The summed E-state index contributed by atoms with van der Waals surface area (Å²) < 4.78 is 0. The highest BCUT2D eigenvalue weighted by atomic mass is 16.3. The van der Waals surface area contributed by atoms with E-state index in [1.165, 1.54) is 32.1 Å². The molecule has 1 spiro atoms. The lowest BCUT2D eigenvalue weighted by atomic mass is 9.44. The Bertz CT molecular complexity index is 886. The molecule has 0 aliphatic heterocycles. The van der Waals surface area contributed by atoms with E-state index in [2.05, 4.69) is 24.8 Å². The Morgan fingerprint density at radius 2 is 1.75 bits per heavy atom. The van der Waals surface area contributed by atoms with Crippen molar-refractivity contribution in [1.29, 1.82) is 0 Å². The van der Waals surface area contributed by atoms with Crippen molar-refractivity contribution in [3.8, 4) is 11.8 Å². The third-order valence-electron chi connectivity index (χ3n) is 11.4. The molecule has 0 radical (unpaired) electrons. The molecule has 32 heavy (non-hydrogen) atoms. The van der Waals surface area contributed by atoms with E-state index >= 15 is 0 Å². The summed E-state index contributed by atoms with van der Waals surface area (Å²) in [6.45, 7) is 2.52. The van der Waals surface area contributed by atoms with Gasteiger partial charge < -0.3 is 10.2 Å². The van der Waals surface area contributed by atoms with Gasteiger partial charge in [0.15, 0.2) is 5.78 Å². The van der Waals surface area contributed by atoms with Crippen LogP contribution in [0.25, 0.3) is 0 Å². The molecule has 0 heterocycles. The van der Waals surface area contributed by atoms with Crippen LogP contribution in [0.4, 0.5) is 0 Å². The maximum absolute atomic E-state index is 13.9. The van der Waals surface area contributed by atoms with Gasteiger partial charge in [-0.25, -0.2) is 0 Å². The molecule has 0 aromatic heterocycles. The van der Waals surface area contributed by atoms with Crippen molar-refractivity contribution in [2.24, 2.45) is 40.4 Å². The molecule has 2 N–H and O–H groups in total. The highest BCUT2D eigenvalue weighted by Crippen LogP contribution is 2.69. The minimum Gasteiger partial charge on any atom is -0.393 e. The van der Waals surface area contributed by atoms with Crippen molar-refractivity contribution < 1.29 is 15.0 Å². The number of aliphatic hydroxyl groups is 2. The number of allylic oxidation sites excluding steroid dienone is 2. The number of carbonyl (C=O) groups excluding carboxylic acids is 1. The van der Waals surface area contributed by atoms with Crippen molar-refractivity contribution in [3.63, 3.8) is 0 Å². The van der Waals surface area contributed by atoms with Crippen LogP contribution < -0.4 is 0 Å². The third kappa shape index (κ3) is 2.98. The molecule has 3 heteroatoms. The second-order valence-electron chi connectivity index (χ2n) is 12.6. The predicted molar refractivity (Wildman–Crippen MR) is 124 cm³/mol. The van der Waals surface area contributed by atoms with Crippen molar-refractivity contribution in [2.45, 2.75) is 109 Å². The first-order valence-electron chi connectivity index (χ1n) is 13.6. The third-order valence-corrected chi connectivity index (χ3v) is 11.4. The van der Waals surface area contributed by atoms with Gasteiger partial charge in [0.1, 0.15) is 5.60 Å². The molecule has 0 aromatic carbocycles. The normalized spacial score (nSPS) is 49.1. The molecule has 3 nitrogen and oxygen atoms in total. The molecular formula is C29H40O3. The average Bonchev–Trinajstić information content (AvgIpc) is 3.28. The number of hydrogen-bond donors (Lipinski definition) is 2. The van der Waals surface area contributed by atoms with E-state index in [1.807, 2.05) is 0 Å². The Labute approximate surface area is 193 Å². The van der Waals surface area contributed by atoms with Gasteiger partial charge in [-0.3, -0.25) is 4.79 Å². The fraction of sp³-hybridized carbons (Fsp3) is 0.828. The van der Waals surface area contributed by atoms with Crippen molar-refractivity contribution >= 4 is 5.78 Å². The summed E-state index contributed by atoms with van der Waals surface area (Å²) in [5.41, 5.74) is -0.0101. The first kappa shape index (κ1) is 21.4. The standard InChI is InChI=1S/C29H40O3/c1-27-14-10-22(30)18-20(27)5-7-23-24(27)11-16-29-21(6-8-25(23)29)17-19(26(29)31)9-15-28(32)12-3-2-4-13-28/h17,20-25,30,32H,2-8,10-14,16,18H2,1H3/t20-,21+,22+,23+,24-,25-,27-,29-/m0/s1. The van der Waals surface area contributed by atoms with Crippen molar-refractivity contribution in [1.82, 2.24) is 0 Å². The summed E-state index contributed by atoms with van der Waals surface area (Å²) >= 11 is 0. The molecule has 174 valence electrons. The zero-order valence-electron chi connectivity index (χ0n) is 19.7. The Balaban J connectivity index is 1.26. The Morgan fingerprint density at radius 1 is 0.938 bits per heavy atom. The van der Waals surface area contributed by atoms with Crippen LogP contribution in [-0.4, -0.2) is 27.7 Å². The number of aliphatic hydroxyl groups excluding tert-OH is 1. The summed E-state index contributed by atoms with van der Waals surface area (Å²) in [4.78, 5) is 13.9. The molecular weight excluding hydrogens is 396 g/mol. The van der Waals surface area contributed by atoms with Gasteiger partial charge in [-0.2, -0.15) is 0 Å². The minimum absolute atomic E-state index is 0.101. The van der Waals surface area contributed by atoms with E-state index in [0.29, 0.717) is 40.8 Å². The highest BCUT2D eigenvalue weighted by molar-refractivity contribution is 6.07. The zero-order valence-corrected chi connectivity index (χ0v) is 19.7. The van der Waals surface area contributed by atoms with Crippen LogP contribution in [0.1, 0.15) is 96.8 Å². The first-order chi connectivity index (χ1) is 15.4. The Morgan fingerprint density at radius 3 is 2.56 bits per heavy atom. The van der Waals surface area contributed by atoms with Crippen molar-refractivity contribution in [2.75, 3.05) is 0 Å². The molecule has 0 amide bonds. The van der Waals surface area contributed by atoms with Gasteiger partial charge in [0.2, 0.25) is 0 Å².